The SMILES string of the molecule is C=C/C=C\C=C(\C)C(=C)N.COC(=O)/C=C1\SC=NC1=O. The number of carbonyl (C=O) groups is 2. The minimum Gasteiger partial charge on any atom is -0.466 e. The van der Waals surface area contributed by atoms with Crippen LogP contribution in [0.25, 0.3) is 0 Å². The highest BCUT2D eigenvalue weighted by Crippen LogP contribution is 2.20. The van der Waals surface area contributed by atoms with Gasteiger partial charge in [-0.05, 0) is 12.5 Å². The highest BCUT2D eigenvalue weighted by atomic mass is 32.2. The molecule has 21 heavy (non-hydrogen) atoms. The van der Waals surface area contributed by atoms with Crippen molar-refractivity contribution in [2.75, 3.05) is 7.11 Å². The molecule has 0 aromatic rings. The predicted molar refractivity (Wildman–Crippen MR) is 87.6 cm³/mol. The molecule has 0 aliphatic carbocycles. The molecule has 0 spiro atoms. The zero-order valence-corrected chi connectivity index (χ0v) is 12.9. The number of allylic oxidation sites excluding steroid dienone is 5. The smallest absolute Gasteiger partial charge is 0.331 e. The number of carbonyl (C=O) groups excluding carboxylic acids is 2. The summed E-state index contributed by atoms with van der Waals surface area (Å²) in [6.07, 6.45) is 8.44. The van der Waals surface area contributed by atoms with Crippen molar-refractivity contribution in [1.82, 2.24) is 0 Å². The summed E-state index contributed by atoms with van der Waals surface area (Å²) in [6, 6.07) is 0. The average molecular weight is 306 g/mol. The Morgan fingerprint density at radius 3 is 2.57 bits per heavy atom. The van der Waals surface area contributed by atoms with Gasteiger partial charge in [0.05, 0.1) is 17.6 Å². The van der Waals surface area contributed by atoms with Crippen molar-refractivity contribution in [1.29, 1.82) is 0 Å². The molecule has 0 unspecified atom stereocenters. The number of nitrogens with zero attached hydrogens (tertiary/aromatic N) is 1. The van der Waals surface area contributed by atoms with Crippen molar-refractivity contribution < 1.29 is 14.3 Å². The highest BCUT2D eigenvalue weighted by molar-refractivity contribution is 8.16. The number of amides is 1. The molecule has 0 atom stereocenters. The molecule has 0 bridgehead atoms. The third-order valence-electron chi connectivity index (χ3n) is 2.11. The van der Waals surface area contributed by atoms with E-state index in [4.69, 9.17) is 5.73 Å². The molecular formula is C15H18N2O3S. The molecule has 112 valence electrons. The Bertz CT molecular complexity index is 543. The summed E-state index contributed by atoms with van der Waals surface area (Å²) in [5.74, 6) is -0.924. The Kier molecular flexibility index (Phi) is 9.28. The summed E-state index contributed by atoms with van der Waals surface area (Å²) in [6.45, 7) is 9.03. The van der Waals surface area contributed by atoms with E-state index in [9.17, 15) is 9.59 Å². The van der Waals surface area contributed by atoms with Gasteiger partial charge in [0, 0.05) is 11.8 Å². The van der Waals surface area contributed by atoms with E-state index in [-0.39, 0.29) is 5.91 Å². The quantitative estimate of drug-likeness (QED) is 0.490. The topological polar surface area (TPSA) is 81.8 Å². The number of hydrogen-bond donors (Lipinski definition) is 1. The molecule has 0 saturated carbocycles. The van der Waals surface area contributed by atoms with Crippen LogP contribution in [0.15, 0.2) is 64.7 Å². The molecule has 2 N–H and O–H groups in total. The third-order valence-corrected chi connectivity index (χ3v) is 2.87. The first-order valence-electron chi connectivity index (χ1n) is 5.86. The maximum Gasteiger partial charge on any atom is 0.331 e. The number of esters is 1. The molecule has 1 amide bonds. The van der Waals surface area contributed by atoms with E-state index < -0.39 is 5.97 Å². The van der Waals surface area contributed by atoms with Gasteiger partial charge in [-0.1, -0.05) is 49.2 Å². The number of nitrogens with two attached hydrogens (primary N) is 1. The molecule has 1 rings (SSSR count). The standard InChI is InChI=1S/C9H13N.C6H5NO3S/c1-4-5-6-7-8(2)9(3)10;1-10-5(8)2-4-6(9)7-3-11-4/h4-7H,1,3,10H2,2H3;2-3H,1H3/b6-5-,8-7-;4-2-. The maximum absolute atomic E-state index is 10.7. The lowest BCUT2D eigenvalue weighted by Crippen LogP contribution is -1.98. The lowest BCUT2D eigenvalue weighted by molar-refractivity contribution is -0.135. The molecule has 0 saturated heterocycles. The molecule has 1 aliphatic rings. The number of aliphatic imine (C=N–C) groups is 1. The fraction of sp³-hybridized carbons (Fsp3) is 0.133. The van der Waals surface area contributed by atoms with Gasteiger partial charge in [0.1, 0.15) is 0 Å². The van der Waals surface area contributed by atoms with Crippen molar-refractivity contribution in [3.05, 3.63) is 59.7 Å². The molecule has 0 aromatic heterocycles. The molecule has 5 nitrogen and oxygen atoms in total. The number of rotatable bonds is 4. The second kappa shape index (κ2) is 10.4. The van der Waals surface area contributed by atoms with Crippen LogP contribution in [-0.4, -0.2) is 24.5 Å². The molecular weight excluding hydrogens is 288 g/mol. The van der Waals surface area contributed by atoms with Crippen molar-refractivity contribution >= 4 is 29.2 Å². The molecule has 1 heterocycles. The first-order valence-corrected chi connectivity index (χ1v) is 6.74. The van der Waals surface area contributed by atoms with Crippen molar-refractivity contribution in [2.24, 2.45) is 10.7 Å². The summed E-state index contributed by atoms with van der Waals surface area (Å²) in [5, 5.41) is 0. The number of hydrogen-bond acceptors (Lipinski definition) is 5. The van der Waals surface area contributed by atoms with Gasteiger partial charge in [-0.2, -0.15) is 0 Å². The summed E-state index contributed by atoms with van der Waals surface area (Å²) in [7, 11) is 1.25. The van der Waals surface area contributed by atoms with Gasteiger partial charge in [0.2, 0.25) is 0 Å². The molecule has 0 aromatic carbocycles. The van der Waals surface area contributed by atoms with Crippen molar-refractivity contribution in [3.63, 3.8) is 0 Å². The highest BCUT2D eigenvalue weighted by Gasteiger charge is 2.14. The van der Waals surface area contributed by atoms with Gasteiger partial charge >= 0.3 is 5.97 Å². The van der Waals surface area contributed by atoms with E-state index in [2.05, 4.69) is 22.9 Å². The first-order chi connectivity index (χ1) is 9.92. The van der Waals surface area contributed by atoms with Gasteiger partial charge < -0.3 is 10.5 Å². The largest absolute Gasteiger partial charge is 0.466 e. The maximum atomic E-state index is 10.7. The first kappa shape index (κ1) is 18.7. The lowest BCUT2D eigenvalue weighted by Gasteiger charge is -1.93. The summed E-state index contributed by atoms with van der Waals surface area (Å²) in [5.41, 5.74) is 8.37. The second-order valence-corrected chi connectivity index (χ2v) is 4.57. The number of ether oxygens (including phenoxy) is 1. The summed E-state index contributed by atoms with van der Waals surface area (Å²) >= 11 is 1.11. The minimum atomic E-state index is -0.536. The van der Waals surface area contributed by atoms with E-state index in [1.165, 1.54) is 12.7 Å². The van der Waals surface area contributed by atoms with Crippen LogP contribution >= 0.6 is 11.8 Å². The van der Waals surface area contributed by atoms with E-state index in [1.54, 1.807) is 6.08 Å². The predicted octanol–water partition coefficient (Wildman–Crippen LogP) is 2.49. The Morgan fingerprint density at radius 1 is 1.48 bits per heavy atom. The molecule has 1 aliphatic heterocycles. The zero-order chi connectivity index (χ0) is 16.3. The Hall–Kier alpha value is -2.34. The number of methoxy groups -OCH3 is 1. The van der Waals surface area contributed by atoms with Crippen LogP contribution in [0.2, 0.25) is 0 Å². The number of thioether (sulfide) groups is 1. The Balaban J connectivity index is 0.000000384. The van der Waals surface area contributed by atoms with Crippen LogP contribution in [0.1, 0.15) is 6.92 Å². The van der Waals surface area contributed by atoms with Gasteiger partial charge in [0.15, 0.2) is 0 Å². The summed E-state index contributed by atoms with van der Waals surface area (Å²) < 4.78 is 4.32. The van der Waals surface area contributed by atoms with E-state index in [0.717, 1.165) is 23.4 Å². The van der Waals surface area contributed by atoms with Crippen LogP contribution in [0.4, 0.5) is 0 Å². The molecule has 6 heteroatoms. The van der Waals surface area contributed by atoms with Crippen LogP contribution in [-0.2, 0) is 14.3 Å². The van der Waals surface area contributed by atoms with Crippen LogP contribution in [0.5, 0.6) is 0 Å². The van der Waals surface area contributed by atoms with E-state index in [0.29, 0.717) is 10.6 Å². The molecule has 0 radical (unpaired) electrons. The van der Waals surface area contributed by atoms with Gasteiger partial charge in [0.25, 0.3) is 5.91 Å². The Morgan fingerprint density at radius 2 is 2.14 bits per heavy atom. The van der Waals surface area contributed by atoms with E-state index in [1.807, 2.05) is 25.2 Å². The van der Waals surface area contributed by atoms with Crippen molar-refractivity contribution in [3.8, 4) is 0 Å². The van der Waals surface area contributed by atoms with Crippen LogP contribution in [0, 0.1) is 0 Å². The minimum absolute atomic E-state index is 0.303. The fourth-order valence-corrected chi connectivity index (χ4v) is 1.47. The lowest BCUT2D eigenvalue weighted by atomic mass is 10.2. The summed E-state index contributed by atoms with van der Waals surface area (Å²) in [4.78, 5) is 25.1. The normalized spacial score (nSPS) is 15.8. The van der Waals surface area contributed by atoms with E-state index >= 15 is 0 Å². The second-order valence-electron chi connectivity index (χ2n) is 3.68. The monoisotopic (exact) mass is 306 g/mol. The van der Waals surface area contributed by atoms with Gasteiger partial charge in [-0.15, -0.1) is 0 Å². The van der Waals surface area contributed by atoms with Gasteiger partial charge in [-0.3, -0.25) is 4.79 Å². The Labute approximate surface area is 128 Å². The van der Waals surface area contributed by atoms with Crippen molar-refractivity contribution in [2.45, 2.75) is 6.92 Å². The average Bonchev–Trinajstić information content (AvgIpc) is 2.85. The van der Waals surface area contributed by atoms with Crippen LogP contribution < -0.4 is 5.73 Å². The third kappa shape index (κ3) is 8.43. The molecule has 0 fully saturated rings. The zero-order valence-electron chi connectivity index (χ0n) is 12.0. The fourth-order valence-electron chi connectivity index (χ4n) is 0.892. The van der Waals surface area contributed by atoms with Gasteiger partial charge in [-0.25, -0.2) is 9.79 Å². The van der Waals surface area contributed by atoms with Crippen LogP contribution in [0.3, 0.4) is 0 Å².